The van der Waals surface area contributed by atoms with Crippen LogP contribution in [-0.2, 0) is 4.74 Å². The highest BCUT2D eigenvalue weighted by Gasteiger charge is 2.48. The summed E-state index contributed by atoms with van der Waals surface area (Å²) in [5.41, 5.74) is 2.30. The first-order chi connectivity index (χ1) is 11.0. The van der Waals surface area contributed by atoms with Crippen LogP contribution in [0.2, 0.25) is 0 Å². The van der Waals surface area contributed by atoms with E-state index in [0.29, 0.717) is 5.92 Å². The predicted octanol–water partition coefficient (Wildman–Crippen LogP) is 3.99. The summed E-state index contributed by atoms with van der Waals surface area (Å²) < 4.78 is 4.94. The zero-order valence-electron chi connectivity index (χ0n) is 14.3. The van der Waals surface area contributed by atoms with Crippen LogP contribution in [0.1, 0.15) is 43.7 Å². The van der Waals surface area contributed by atoms with Crippen molar-refractivity contribution < 1.29 is 9.53 Å². The molecule has 3 rings (SSSR count). The lowest BCUT2D eigenvalue weighted by atomic mass is 9.65. The highest BCUT2D eigenvalue weighted by atomic mass is 16.5. The first kappa shape index (κ1) is 15.9. The van der Waals surface area contributed by atoms with Crippen LogP contribution in [0.25, 0.3) is 0 Å². The lowest BCUT2D eigenvalue weighted by Gasteiger charge is -2.41. The zero-order chi connectivity index (χ0) is 16.4. The van der Waals surface area contributed by atoms with E-state index in [1.54, 1.807) is 0 Å². The van der Waals surface area contributed by atoms with Crippen molar-refractivity contribution in [1.29, 1.82) is 0 Å². The number of nitrogens with zero attached hydrogens (tertiary/aromatic N) is 1. The first-order valence-electron chi connectivity index (χ1n) is 8.48. The standard InChI is InChI=1S/C20H25NO2/c1-15-6-4-7-16(14-15)9-12-20(2)11-5-8-18-17(20)10-13-21(18)19(22)23-3/h4,6-7,14,17-18H,5,8,10-11,13H2,1-3H3/t17-,18+,20+/m0/s1. The van der Waals surface area contributed by atoms with E-state index in [1.165, 1.54) is 12.7 Å². The summed E-state index contributed by atoms with van der Waals surface area (Å²) in [4.78, 5) is 13.9. The van der Waals surface area contributed by atoms with E-state index < -0.39 is 0 Å². The normalized spacial score (nSPS) is 29.4. The maximum Gasteiger partial charge on any atom is 0.409 e. The van der Waals surface area contributed by atoms with Crippen molar-refractivity contribution in [1.82, 2.24) is 4.90 Å². The number of methoxy groups -OCH3 is 1. The van der Waals surface area contributed by atoms with Crippen molar-refractivity contribution in [3.8, 4) is 11.8 Å². The molecule has 1 heterocycles. The van der Waals surface area contributed by atoms with Gasteiger partial charge in [-0.05, 0) is 63.1 Å². The monoisotopic (exact) mass is 311 g/mol. The molecule has 1 saturated heterocycles. The Bertz CT molecular complexity index is 657. The average molecular weight is 311 g/mol. The summed E-state index contributed by atoms with van der Waals surface area (Å²) in [6.07, 6.45) is 4.14. The van der Waals surface area contributed by atoms with E-state index in [2.05, 4.69) is 50.0 Å². The number of fused-ring (bicyclic) bond motifs is 1. The van der Waals surface area contributed by atoms with E-state index >= 15 is 0 Å². The predicted molar refractivity (Wildman–Crippen MR) is 91.0 cm³/mol. The maximum atomic E-state index is 12.0. The molecular weight excluding hydrogens is 286 g/mol. The summed E-state index contributed by atoms with van der Waals surface area (Å²) >= 11 is 0. The molecule has 1 saturated carbocycles. The molecule has 1 aromatic rings. The molecule has 0 aromatic heterocycles. The fraction of sp³-hybridized carbons (Fsp3) is 0.550. The Labute approximate surface area is 139 Å². The molecule has 23 heavy (non-hydrogen) atoms. The van der Waals surface area contributed by atoms with Crippen LogP contribution in [0.3, 0.4) is 0 Å². The van der Waals surface area contributed by atoms with Crippen molar-refractivity contribution in [2.45, 2.75) is 45.6 Å². The quantitative estimate of drug-likeness (QED) is 0.678. The van der Waals surface area contributed by atoms with Crippen molar-refractivity contribution >= 4 is 6.09 Å². The Hall–Kier alpha value is -1.95. The van der Waals surface area contributed by atoms with Gasteiger partial charge in [-0.25, -0.2) is 4.79 Å². The Morgan fingerprint density at radius 3 is 2.96 bits per heavy atom. The van der Waals surface area contributed by atoms with Gasteiger partial charge >= 0.3 is 6.09 Å². The largest absolute Gasteiger partial charge is 0.453 e. The Kier molecular flexibility index (Phi) is 4.35. The number of amides is 1. The number of ether oxygens (including phenoxy) is 1. The van der Waals surface area contributed by atoms with Gasteiger partial charge in [-0.15, -0.1) is 0 Å². The summed E-state index contributed by atoms with van der Waals surface area (Å²) in [5.74, 6) is 7.39. The van der Waals surface area contributed by atoms with Gasteiger partial charge < -0.3 is 9.64 Å². The molecular formula is C20H25NO2. The van der Waals surface area contributed by atoms with Crippen molar-refractivity contribution in [2.24, 2.45) is 11.3 Å². The average Bonchev–Trinajstić information content (AvgIpc) is 2.98. The minimum absolute atomic E-state index is 0.0184. The van der Waals surface area contributed by atoms with Crippen LogP contribution in [0.4, 0.5) is 4.79 Å². The highest BCUT2D eigenvalue weighted by molar-refractivity contribution is 5.68. The van der Waals surface area contributed by atoms with Crippen LogP contribution in [-0.4, -0.2) is 30.7 Å². The van der Waals surface area contributed by atoms with Crippen LogP contribution in [0.15, 0.2) is 24.3 Å². The fourth-order valence-electron chi connectivity index (χ4n) is 4.25. The van der Waals surface area contributed by atoms with E-state index in [9.17, 15) is 4.79 Å². The molecule has 1 aliphatic heterocycles. The highest BCUT2D eigenvalue weighted by Crippen LogP contribution is 2.47. The molecule has 3 heteroatoms. The minimum Gasteiger partial charge on any atom is -0.453 e. The second kappa shape index (κ2) is 6.28. The number of hydrogen-bond acceptors (Lipinski definition) is 2. The molecule has 2 aliphatic rings. The van der Waals surface area contributed by atoms with Crippen LogP contribution in [0, 0.1) is 30.1 Å². The van der Waals surface area contributed by atoms with Gasteiger partial charge in [-0.2, -0.15) is 0 Å². The third-order valence-electron chi connectivity index (χ3n) is 5.48. The molecule has 0 spiro atoms. The van der Waals surface area contributed by atoms with Crippen LogP contribution >= 0.6 is 0 Å². The van der Waals surface area contributed by atoms with Crippen molar-refractivity contribution in [3.63, 3.8) is 0 Å². The molecule has 0 N–H and O–H groups in total. The first-order valence-corrected chi connectivity index (χ1v) is 8.48. The van der Waals surface area contributed by atoms with Gasteiger partial charge in [-0.1, -0.05) is 24.0 Å². The van der Waals surface area contributed by atoms with Gasteiger partial charge in [0.2, 0.25) is 0 Å². The number of carbonyl (C=O) groups excluding carboxylic acids is 1. The second-order valence-corrected chi connectivity index (χ2v) is 7.06. The molecule has 3 nitrogen and oxygen atoms in total. The number of likely N-dealkylation sites (tertiary alicyclic amines) is 1. The smallest absolute Gasteiger partial charge is 0.409 e. The minimum atomic E-state index is -0.187. The van der Waals surface area contributed by atoms with Gasteiger partial charge in [-0.3, -0.25) is 0 Å². The van der Waals surface area contributed by atoms with Gasteiger partial charge in [0.05, 0.1) is 7.11 Å². The van der Waals surface area contributed by atoms with Gasteiger partial charge in [0.1, 0.15) is 0 Å². The Morgan fingerprint density at radius 1 is 1.39 bits per heavy atom. The molecule has 1 aliphatic carbocycles. The number of rotatable bonds is 0. The molecule has 3 atom stereocenters. The van der Waals surface area contributed by atoms with Crippen LogP contribution in [0.5, 0.6) is 0 Å². The third kappa shape index (κ3) is 3.08. The molecule has 122 valence electrons. The lowest BCUT2D eigenvalue weighted by Crippen LogP contribution is -2.44. The molecule has 2 fully saturated rings. The summed E-state index contributed by atoms with van der Waals surface area (Å²) in [6.45, 7) is 5.16. The van der Waals surface area contributed by atoms with E-state index in [1.807, 2.05) is 4.90 Å². The SMILES string of the molecule is COC(=O)N1CC[C@H]2[C@H]1CCC[C@]2(C)C#Cc1cccc(C)c1. The summed E-state index contributed by atoms with van der Waals surface area (Å²) in [6, 6.07) is 8.63. The zero-order valence-corrected chi connectivity index (χ0v) is 14.3. The molecule has 1 amide bonds. The topological polar surface area (TPSA) is 29.5 Å². The summed E-state index contributed by atoms with van der Waals surface area (Å²) in [5, 5.41) is 0. The number of carbonyl (C=O) groups is 1. The second-order valence-electron chi connectivity index (χ2n) is 7.06. The molecule has 0 bridgehead atoms. The van der Waals surface area contributed by atoms with Gasteiger partial charge in [0.15, 0.2) is 0 Å². The molecule has 0 unspecified atom stereocenters. The Morgan fingerprint density at radius 2 is 2.22 bits per heavy atom. The van der Waals surface area contributed by atoms with Gasteiger partial charge in [0, 0.05) is 23.6 Å². The van der Waals surface area contributed by atoms with E-state index in [-0.39, 0.29) is 17.6 Å². The van der Waals surface area contributed by atoms with E-state index in [0.717, 1.165) is 37.8 Å². The number of benzene rings is 1. The number of hydrogen-bond donors (Lipinski definition) is 0. The van der Waals surface area contributed by atoms with Crippen molar-refractivity contribution in [3.05, 3.63) is 35.4 Å². The summed E-state index contributed by atoms with van der Waals surface area (Å²) in [7, 11) is 1.47. The van der Waals surface area contributed by atoms with Crippen LogP contribution < -0.4 is 0 Å². The lowest BCUT2D eigenvalue weighted by molar-refractivity contribution is 0.0830. The maximum absolute atomic E-state index is 12.0. The number of aryl methyl sites for hydroxylation is 1. The van der Waals surface area contributed by atoms with Crippen molar-refractivity contribution in [2.75, 3.05) is 13.7 Å². The Balaban J connectivity index is 1.83. The van der Waals surface area contributed by atoms with Gasteiger partial charge in [0.25, 0.3) is 0 Å². The van der Waals surface area contributed by atoms with E-state index in [4.69, 9.17) is 4.74 Å². The third-order valence-corrected chi connectivity index (χ3v) is 5.48. The fourth-order valence-corrected chi connectivity index (χ4v) is 4.25. The molecule has 0 radical (unpaired) electrons. The molecule has 1 aromatic carbocycles.